The first-order valence-corrected chi connectivity index (χ1v) is 8.33. The highest BCUT2D eigenvalue weighted by Gasteiger charge is 2.09. The normalized spacial score (nSPS) is 11.9. The molecule has 0 unspecified atom stereocenters. The SMILES string of the molecule is Cc1nc(CN[C@H](C)c2ccc(-c3cccc(C#N)c3)cc2)oc1C. The molecule has 0 saturated heterocycles. The number of aromatic nitrogens is 1. The molecule has 3 rings (SSSR count). The molecule has 0 radical (unpaired) electrons. The average molecular weight is 331 g/mol. The van der Waals surface area contributed by atoms with Gasteiger partial charge in [0.15, 0.2) is 0 Å². The van der Waals surface area contributed by atoms with Crippen LogP contribution in [0.1, 0.15) is 41.4 Å². The Morgan fingerprint density at radius 1 is 1.12 bits per heavy atom. The van der Waals surface area contributed by atoms with E-state index in [1.807, 2.05) is 38.1 Å². The fourth-order valence-corrected chi connectivity index (χ4v) is 2.71. The van der Waals surface area contributed by atoms with E-state index in [0.717, 1.165) is 22.6 Å². The van der Waals surface area contributed by atoms with Crippen molar-refractivity contribution in [2.45, 2.75) is 33.4 Å². The van der Waals surface area contributed by atoms with Gasteiger partial charge in [-0.3, -0.25) is 0 Å². The lowest BCUT2D eigenvalue weighted by molar-refractivity contribution is 0.432. The highest BCUT2D eigenvalue weighted by molar-refractivity contribution is 5.65. The quantitative estimate of drug-likeness (QED) is 0.737. The molecule has 4 nitrogen and oxygen atoms in total. The van der Waals surface area contributed by atoms with Crippen molar-refractivity contribution in [3.63, 3.8) is 0 Å². The minimum Gasteiger partial charge on any atom is -0.444 e. The van der Waals surface area contributed by atoms with E-state index in [1.54, 1.807) is 0 Å². The maximum atomic E-state index is 9.03. The van der Waals surface area contributed by atoms with Crippen molar-refractivity contribution >= 4 is 0 Å². The zero-order valence-electron chi connectivity index (χ0n) is 14.7. The fraction of sp³-hybridized carbons (Fsp3) is 0.238. The van der Waals surface area contributed by atoms with E-state index in [4.69, 9.17) is 9.68 Å². The van der Waals surface area contributed by atoms with Crippen LogP contribution in [0.5, 0.6) is 0 Å². The van der Waals surface area contributed by atoms with Gasteiger partial charge in [0.2, 0.25) is 5.89 Å². The van der Waals surface area contributed by atoms with Gasteiger partial charge in [-0.1, -0.05) is 36.4 Å². The van der Waals surface area contributed by atoms with Gasteiger partial charge >= 0.3 is 0 Å². The first-order valence-electron chi connectivity index (χ1n) is 8.33. The smallest absolute Gasteiger partial charge is 0.208 e. The van der Waals surface area contributed by atoms with Crippen molar-refractivity contribution in [3.05, 3.63) is 77.0 Å². The summed E-state index contributed by atoms with van der Waals surface area (Å²) >= 11 is 0. The van der Waals surface area contributed by atoms with Crippen LogP contribution in [0.3, 0.4) is 0 Å². The summed E-state index contributed by atoms with van der Waals surface area (Å²) in [6.07, 6.45) is 0. The number of nitriles is 1. The summed E-state index contributed by atoms with van der Waals surface area (Å²) in [6.45, 7) is 6.59. The number of rotatable bonds is 5. The maximum absolute atomic E-state index is 9.03. The van der Waals surface area contributed by atoms with Crippen LogP contribution in [0.15, 0.2) is 52.9 Å². The first-order chi connectivity index (χ1) is 12.1. The summed E-state index contributed by atoms with van der Waals surface area (Å²) in [5.74, 6) is 1.58. The molecule has 0 saturated carbocycles. The number of hydrogen-bond donors (Lipinski definition) is 1. The Morgan fingerprint density at radius 2 is 1.88 bits per heavy atom. The molecule has 0 fully saturated rings. The van der Waals surface area contributed by atoms with Crippen molar-refractivity contribution in [2.24, 2.45) is 0 Å². The Bertz CT molecular complexity index is 884. The molecule has 1 atom stereocenters. The molecule has 25 heavy (non-hydrogen) atoms. The summed E-state index contributed by atoms with van der Waals surface area (Å²) in [6, 6.07) is 18.4. The third kappa shape index (κ3) is 3.96. The van der Waals surface area contributed by atoms with E-state index in [2.05, 4.69) is 47.6 Å². The lowest BCUT2D eigenvalue weighted by Gasteiger charge is -2.13. The van der Waals surface area contributed by atoms with Gasteiger partial charge in [-0.05, 0) is 49.6 Å². The fourth-order valence-electron chi connectivity index (χ4n) is 2.71. The lowest BCUT2D eigenvalue weighted by Crippen LogP contribution is -2.18. The van der Waals surface area contributed by atoms with Gasteiger partial charge in [0.1, 0.15) is 5.76 Å². The molecule has 0 spiro atoms. The summed E-state index contributed by atoms with van der Waals surface area (Å²) in [7, 11) is 0. The second kappa shape index (κ2) is 7.33. The Kier molecular flexibility index (Phi) is 4.97. The summed E-state index contributed by atoms with van der Waals surface area (Å²) in [5.41, 5.74) is 4.96. The number of hydrogen-bond acceptors (Lipinski definition) is 4. The molecule has 0 amide bonds. The minimum absolute atomic E-state index is 0.187. The highest BCUT2D eigenvalue weighted by atomic mass is 16.4. The van der Waals surface area contributed by atoms with E-state index >= 15 is 0 Å². The van der Waals surface area contributed by atoms with Crippen LogP contribution in [-0.2, 0) is 6.54 Å². The van der Waals surface area contributed by atoms with Gasteiger partial charge in [-0.2, -0.15) is 5.26 Å². The van der Waals surface area contributed by atoms with Crippen LogP contribution in [-0.4, -0.2) is 4.98 Å². The molecule has 126 valence electrons. The molecule has 0 aliphatic carbocycles. The average Bonchev–Trinajstić information content (AvgIpc) is 2.97. The van der Waals surface area contributed by atoms with Gasteiger partial charge < -0.3 is 9.73 Å². The van der Waals surface area contributed by atoms with Crippen LogP contribution in [0, 0.1) is 25.2 Å². The molecule has 1 aromatic heterocycles. The topological polar surface area (TPSA) is 61.9 Å². The molecular weight excluding hydrogens is 310 g/mol. The van der Waals surface area contributed by atoms with E-state index < -0.39 is 0 Å². The van der Waals surface area contributed by atoms with Crippen LogP contribution < -0.4 is 5.32 Å². The Morgan fingerprint density at radius 3 is 2.52 bits per heavy atom. The van der Waals surface area contributed by atoms with Crippen LogP contribution in [0.2, 0.25) is 0 Å². The second-order valence-corrected chi connectivity index (χ2v) is 6.17. The predicted octanol–water partition coefficient (Wildman–Crippen LogP) is 4.68. The van der Waals surface area contributed by atoms with E-state index in [-0.39, 0.29) is 6.04 Å². The monoisotopic (exact) mass is 331 g/mol. The number of oxazole rings is 1. The van der Waals surface area contributed by atoms with Crippen molar-refractivity contribution in [1.29, 1.82) is 5.26 Å². The van der Waals surface area contributed by atoms with E-state index in [1.165, 1.54) is 5.56 Å². The molecule has 3 aromatic rings. The maximum Gasteiger partial charge on any atom is 0.208 e. The molecule has 4 heteroatoms. The van der Waals surface area contributed by atoms with Crippen LogP contribution >= 0.6 is 0 Å². The van der Waals surface area contributed by atoms with Gasteiger partial charge in [0.05, 0.1) is 23.9 Å². The van der Waals surface area contributed by atoms with Crippen molar-refractivity contribution < 1.29 is 4.42 Å². The molecular formula is C21H21N3O. The Labute approximate surface area is 148 Å². The predicted molar refractivity (Wildman–Crippen MR) is 97.8 cm³/mol. The van der Waals surface area contributed by atoms with Crippen molar-refractivity contribution in [3.8, 4) is 17.2 Å². The zero-order valence-corrected chi connectivity index (χ0v) is 14.7. The molecule has 0 aliphatic rings. The Balaban J connectivity index is 1.67. The minimum atomic E-state index is 0.187. The first kappa shape index (κ1) is 16.9. The Hall–Kier alpha value is -2.90. The second-order valence-electron chi connectivity index (χ2n) is 6.17. The van der Waals surface area contributed by atoms with E-state index in [9.17, 15) is 0 Å². The van der Waals surface area contributed by atoms with Crippen molar-refractivity contribution in [1.82, 2.24) is 10.3 Å². The third-order valence-corrected chi connectivity index (χ3v) is 4.37. The van der Waals surface area contributed by atoms with Gasteiger partial charge in [-0.25, -0.2) is 4.98 Å². The summed E-state index contributed by atoms with van der Waals surface area (Å²) < 4.78 is 5.60. The zero-order chi connectivity index (χ0) is 17.8. The molecule has 2 aromatic carbocycles. The highest BCUT2D eigenvalue weighted by Crippen LogP contribution is 2.23. The largest absolute Gasteiger partial charge is 0.444 e. The van der Waals surface area contributed by atoms with Gasteiger partial charge in [-0.15, -0.1) is 0 Å². The molecule has 1 N–H and O–H groups in total. The molecule has 1 heterocycles. The lowest BCUT2D eigenvalue weighted by atomic mass is 10.00. The van der Waals surface area contributed by atoms with Gasteiger partial charge in [0, 0.05) is 6.04 Å². The number of benzene rings is 2. The third-order valence-electron chi connectivity index (χ3n) is 4.37. The summed E-state index contributed by atoms with van der Waals surface area (Å²) in [5, 5.41) is 12.5. The number of aryl methyl sites for hydroxylation is 2. The molecule has 0 bridgehead atoms. The standard InChI is InChI=1S/C21H21N3O/c1-14-16(3)25-21(24-14)13-23-15(2)18-7-9-19(10-8-18)20-6-4-5-17(11-20)12-22/h4-11,15,23H,13H2,1-3H3/t15-/m1/s1. The summed E-state index contributed by atoms with van der Waals surface area (Å²) in [4.78, 5) is 4.39. The van der Waals surface area contributed by atoms with Gasteiger partial charge in [0.25, 0.3) is 0 Å². The van der Waals surface area contributed by atoms with E-state index in [0.29, 0.717) is 18.0 Å². The van der Waals surface area contributed by atoms with Crippen molar-refractivity contribution in [2.75, 3.05) is 0 Å². The number of nitrogens with zero attached hydrogens (tertiary/aromatic N) is 2. The van der Waals surface area contributed by atoms with Crippen LogP contribution in [0.4, 0.5) is 0 Å². The molecule has 0 aliphatic heterocycles. The number of nitrogens with one attached hydrogen (secondary N) is 1. The van der Waals surface area contributed by atoms with Crippen LogP contribution in [0.25, 0.3) is 11.1 Å².